The zero-order valence-electron chi connectivity index (χ0n) is 12.1. The van der Waals surface area contributed by atoms with Gasteiger partial charge in [0.2, 0.25) is 0 Å². The van der Waals surface area contributed by atoms with E-state index in [1.807, 2.05) is 25.3 Å². The van der Waals surface area contributed by atoms with Gasteiger partial charge in [0.25, 0.3) is 5.91 Å². The lowest BCUT2D eigenvalue weighted by molar-refractivity contribution is 0.0781. The zero-order valence-corrected chi connectivity index (χ0v) is 14.5. The van der Waals surface area contributed by atoms with E-state index < -0.39 is 0 Å². The van der Waals surface area contributed by atoms with Crippen molar-refractivity contribution in [3.63, 3.8) is 0 Å². The maximum atomic E-state index is 12.5. The second kappa shape index (κ2) is 6.53. The molecule has 5 nitrogen and oxygen atoms in total. The van der Waals surface area contributed by atoms with Gasteiger partial charge in [-0.25, -0.2) is 9.97 Å². The van der Waals surface area contributed by atoms with E-state index in [1.165, 1.54) is 6.20 Å². The van der Waals surface area contributed by atoms with Crippen molar-refractivity contribution >= 4 is 38.9 Å². The minimum atomic E-state index is -0.193. The predicted molar refractivity (Wildman–Crippen MR) is 88.3 cm³/mol. The van der Waals surface area contributed by atoms with Crippen LogP contribution < -0.4 is 5.73 Å². The van der Waals surface area contributed by atoms with Crippen LogP contribution in [0.2, 0.25) is 0 Å². The van der Waals surface area contributed by atoms with Crippen molar-refractivity contribution in [1.29, 1.82) is 0 Å². The number of amides is 1. The van der Waals surface area contributed by atoms with Gasteiger partial charge in [0.15, 0.2) is 5.69 Å². The van der Waals surface area contributed by atoms with Crippen molar-refractivity contribution in [2.75, 3.05) is 12.8 Å². The molecule has 0 aromatic carbocycles. The maximum absolute atomic E-state index is 12.5. The number of carbonyl (C=O) groups excluding carboxylic acids is 1. The first kappa shape index (κ1) is 15.9. The standard InChI is InChI=1S/C14H17BrN4OS/c1-8(2)13-17-5-11(16)12(18-13)14(20)19(3)6-10-4-9(15)7-21-10/h4-5,7-8H,6,16H2,1-3H3. The number of carbonyl (C=O) groups is 1. The minimum absolute atomic E-state index is 0.149. The van der Waals surface area contributed by atoms with Crippen LogP contribution >= 0.6 is 27.3 Å². The molecule has 0 unspecified atom stereocenters. The number of anilines is 1. The third-order valence-corrected chi connectivity index (χ3v) is 4.60. The van der Waals surface area contributed by atoms with Crippen LogP contribution in [0.15, 0.2) is 22.1 Å². The summed E-state index contributed by atoms with van der Waals surface area (Å²) in [6.07, 6.45) is 1.51. The van der Waals surface area contributed by atoms with E-state index in [1.54, 1.807) is 23.3 Å². The van der Waals surface area contributed by atoms with Crippen LogP contribution in [0.25, 0.3) is 0 Å². The molecular formula is C14H17BrN4OS. The number of nitrogens with zero attached hydrogens (tertiary/aromatic N) is 3. The Morgan fingerprint density at radius 2 is 2.24 bits per heavy atom. The SMILES string of the molecule is CC(C)c1ncc(N)c(C(=O)N(C)Cc2cc(Br)cs2)n1. The molecule has 0 saturated carbocycles. The Morgan fingerprint density at radius 3 is 2.81 bits per heavy atom. The van der Waals surface area contributed by atoms with Gasteiger partial charge >= 0.3 is 0 Å². The Balaban J connectivity index is 2.20. The molecule has 2 aromatic rings. The Labute approximate surface area is 136 Å². The fourth-order valence-electron chi connectivity index (χ4n) is 1.78. The molecule has 2 aromatic heterocycles. The number of halogens is 1. The molecule has 0 atom stereocenters. The third-order valence-electron chi connectivity index (χ3n) is 2.92. The third kappa shape index (κ3) is 3.79. The Morgan fingerprint density at radius 1 is 1.52 bits per heavy atom. The molecule has 2 heterocycles. The number of hydrogen-bond donors (Lipinski definition) is 1. The molecule has 0 fully saturated rings. The largest absolute Gasteiger partial charge is 0.396 e. The van der Waals surface area contributed by atoms with Crippen LogP contribution in [-0.2, 0) is 6.54 Å². The summed E-state index contributed by atoms with van der Waals surface area (Å²) in [5.74, 6) is 0.580. The smallest absolute Gasteiger partial charge is 0.274 e. The van der Waals surface area contributed by atoms with Gasteiger partial charge < -0.3 is 10.6 Å². The normalized spacial score (nSPS) is 10.9. The first-order valence-corrected chi connectivity index (χ1v) is 8.16. The molecule has 21 heavy (non-hydrogen) atoms. The fraction of sp³-hybridized carbons (Fsp3) is 0.357. The van der Waals surface area contributed by atoms with Crippen molar-refractivity contribution in [2.45, 2.75) is 26.3 Å². The Bertz CT molecular complexity index is 656. The highest BCUT2D eigenvalue weighted by Crippen LogP contribution is 2.22. The quantitative estimate of drug-likeness (QED) is 0.898. The van der Waals surface area contributed by atoms with E-state index in [9.17, 15) is 4.79 Å². The molecule has 0 spiro atoms. The Hall–Kier alpha value is -1.47. The second-order valence-corrected chi connectivity index (χ2v) is 6.99. The first-order valence-electron chi connectivity index (χ1n) is 6.49. The van der Waals surface area contributed by atoms with Crippen molar-refractivity contribution < 1.29 is 4.79 Å². The monoisotopic (exact) mass is 368 g/mol. The summed E-state index contributed by atoms with van der Waals surface area (Å²) in [7, 11) is 1.74. The fourth-order valence-corrected chi connectivity index (χ4v) is 3.28. The molecule has 2 N–H and O–H groups in total. The van der Waals surface area contributed by atoms with Crippen LogP contribution in [0, 0.1) is 0 Å². The number of nitrogen functional groups attached to an aromatic ring is 1. The topological polar surface area (TPSA) is 72.1 Å². The summed E-state index contributed by atoms with van der Waals surface area (Å²) in [5.41, 5.74) is 6.43. The molecule has 0 radical (unpaired) electrons. The molecule has 0 aliphatic carbocycles. The Kier molecular flexibility index (Phi) is 4.95. The lowest BCUT2D eigenvalue weighted by Gasteiger charge is -2.17. The van der Waals surface area contributed by atoms with Gasteiger partial charge in [0.05, 0.1) is 18.4 Å². The zero-order chi connectivity index (χ0) is 15.6. The van der Waals surface area contributed by atoms with Crippen LogP contribution in [0.3, 0.4) is 0 Å². The molecule has 112 valence electrons. The summed E-state index contributed by atoms with van der Waals surface area (Å²) in [6, 6.07) is 2.00. The first-order chi connectivity index (χ1) is 9.88. The molecule has 0 bridgehead atoms. The number of hydrogen-bond acceptors (Lipinski definition) is 5. The molecule has 0 aliphatic heterocycles. The van der Waals surface area contributed by atoms with Crippen molar-refractivity contribution in [2.24, 2.45) is 0 Å². The van der Waals surface area contributed by atoms with Crippen molar-refractivity contribution in [1.82, 2.24) is 14.9 Å². The maximum Gasteiger partial charge on any atom is 0.274 e. The number of aromatic nitrogens is 2. The lowest BCUT2D eigenvalue weighted by Crippen LogP contribution is -2.28. The summed E-state index contributed by atoms with van der Waals surface area (Å²) >= 11 is 5.01. The highest BCUT2D eigenvalue weighted by atomic mass is 79.9. The highest BCUT2D eigenvalue weighted by Gasteiger charge is 2.19. The van der Waals surface area contributed by atoms with Gasteiger partial charge in [-0.1, -0.05) is 13.8 Å². The molecule has 0 saturated heterocycles. The highest BCUT2D eigenvalue weighted by molar-refractivity contribution is 9.10. The average Bonchev–Trinajstić information content (AvgIpc) is 2.83. The number of rotatable bonds is 4. The van der Waals surface area contributed by atoms with E-state index in [0.717, 1.165) is 9.35 Å². The van der Waals surface area contributed by atoms with Gasteiger partial charge in [0.1, 0.15) is 5.82 Å². The summed E-state index contributed by atoms with van der Waals surface area (Å²) in [5, 5.41) is 1.99. The van der Waals surface area contributed by atoms with E-state index >= 15 is 0 Å². The molecular weight excluding hydrogens is 352 g/mol. The summed E-state index contributed by atoms with van der Waals surface area (Å²) in [6.45, 7) is 4.48. The molecule has 7 heteroatoms. The molecule has 2 rings (SSSR count). The van der Waals surface area contributed by atoms with Crippen molar-refractivity contribution in [3.05, 3.63) is 38.5 Å². The van der Waals surface area contributed by atoms with E-state index in [-0.39, 0.29) is 17.5 Å². The number of thiophene rings is 1. The van der Waals surface area contributed by atoms with E-state index in [2.05, 4.69) is 25.9 Å². The molecule has 0 aliphatic rings. The lowest BCUT2D eigenvalue weighted by atomic mass is 10.2. The minimum Gasteiger partial charge on any atom is -0.396 e. The van der Waals surface area contributed by atoms with Crippen LogP contribution in [0.5, 0.6) is 0 Å². The average molecular weight is 369 g/mol. The van der Waals surface area contributed by atoms with E-state index in [4.69, 9.17) is 5.73 Å². The molecule has 1 amide bonds. The van der Waals surface area contributed by atoms with Gasteiger partial charge in [-0.2, -0.15) is 0 Å². The number of nitrogens with two attached hydrogens (primary N) is 1. The van der Waals surface area contributed by atoms with Crippen LogP contribution in [0.4, 0.5) is 5.69 Å². The van der Waals surface area contributed by atoms with Gasteiger partial charge in [-0.05, 0) is 22.0 Å². The predicted octanol–water partition coefficient (Wildman–Crippen LogP) is 3.28. The summed E-state index contributed by atoms with van der Waals surface area (Å²) < 4.78 is 1.02. The van der Waals surface area contributed by atoms with Gasteiger partial charge in [-0.15, -0.1) is 11.3 Å². The van der Waals surface area contributed by atoms with Gasteiger partial charge in [0, 0.05) is 27.7 Å². The summed E-state index contributed by atoms with van der Waals surface area (Å²) in [4.78, 5) is 23.7. The van der Waals surface area contributed by atoms with Crippen LogP contribution in [-0.4, -0.2) is 27.8 Å². The van der Waals surface area contributed by atoms with Gasteiger partial charge in [-0.3, -0.25) is 4.79 Å². The van der Waals surface area contributed by atoms with Crippen molar-refractivity contribution in [3.8, 4) is 0 Å². The van der Waals surface area contributed by atoms with Crippen LogP contribution in [0.1, 0.15) is 41.0 Å². The second-order valence-electron chi connectivity index (χ2n) is 5.08. The van der Waals surface area contributed by atoms with E-state index in [0.29, 0.717) is 18.1 Å².